The van der Waals surface area contributed by atoms with Crippen LogP contribution in [0, 0.1) is 0 Å². The Hall–Kier alpha value is -1.48. The van der Waals surface area contributed by atoms with Crippen LogP contribution in [0.2, 0.25) is 5.02 Å². The van der Waals surface area contributed by atoms with Gasteiger partial charge in [0, 0.05) is 16.6 Å². The monoisotopic (exact) mass is 263 g/mol. The van der Waals surface area contributed by atoms with Crippen molar-refractivity contribution < 1.29 is 0 Å². The van der Waals surface area contributed by atoms with Crippen LogP contribution in [0.1, 0.15) is 32.0 Å². The van der Waals surface area contributed by atoms with Gasteiger partial charge < -0.3 is 5.73 Å². The third-order valence-electron chi connectivity index (χ3n) is 2.79. The molecule has 2 N–H and O–H groups in total. The molecule has 0 bridgehead atoms. The van der Waals surface area contributed by atoms with Crippen molar-refractivity contribution in [2.45, 2.75) is 32.7 Å². The molecule has 0 atom stereocenters. The van der Waals surface area contributed by atoms with Crippen LogP contribution in [0.4, 0.5) is 5.69 Å². The smallest absolute Gasteiger partial charge is 0.0907 e. The van der Waals surface area contributed by atoms with E-state index in [1.165, 1.54) is 0 Å². The summed E-state index contributed by atoms with van der Waals surface area (Å²) < 4.78 is 1.84. The van der Waals surface area contributed by atoms with Crippen LogP contribution in [0.3, 0.4) is 0 Å². The molecule has 0 aliphatic carbocycles. The highest BCUT2D eigenvalue weighted by Gasteiger charge is 2.21. The van der Waals surface area contributed by atoms with Crippen LogP contribution in [-0.2, 0) is 12.0 Å². The first-order chi connectivity index (χ1) is 8.38. The average Bonchev–Trinajstić information content (AvgIpc) is 2.63. The zero-order valence-corrected chi connectivity index (χ0v) is 11.7. The summed E-state index contributed by atoms with van der Waals surface area (Å²) in [7, 11) is 0. The van der Waals surface area contributed by atoms with E-state index in [1.807, 2.05) is 35.1 Å². The summed E-state index contributed by atoms with van der Waals surface area (Å²) in [6.07, 6.45) is 1.86. The zero-order valence-electron chi connectivity index (χ0n) is 10.9. The lowest BCUT2D eigenvalue weighted by atomic mass is 9.92. The highest BCUT2D eigenvalue weighted by Crippen LogP contribution is 2.26. The van der Waals surface area contributed by atoms with Gasteiger partial charge in [-0.2, -0.15) is 5.10 Å². The van der Waals surface area contributed by atoms with Crippen LogP contribution in [0.5, 0.6) is 0 Å². The number of aromatic nitrogens is 2. The van der Waals surface area contributed by atoms with E-state index in [-0.39, 0.29) is 5.41 Å². The minimum atomic E-state index is -0.0458. The van der Waals surface area contributed by atoms with Crippen molar-refractivity contribution in [2.75, 3.05) is 5.73 Å². The van der Waals surface area contributed by atoms with Crippen molar-refractivity contribution in [1.29, 1.82) is 0 Å². The van der Waals surface area contributed by atoms with Gasteiger partial charge in [0.2, 0.25) is 0 Å². The second-order valence-corrected chi connectivity index (χ2v) is 5.88. The van der Waals surface area contributed by atoms with Crippen LogP contribution in [0.25, 0.3) is 0 Å². The Balaban J connectivity index is 2.29. The van der Waals surface area contributed by atoms with Crippen molar-refractivity contribution in [3.63, 3.8) is 0 Å². The number of benzene rings is 1. The number of rotatable bonds is 2. The molecular formula is C14H18ClN3. The van der Waals surface area contributed by atoms with Crippen molar-refractivity contribution in [3.05, 3.63) is 46.7 Å². The van der Waals surface area contributed by atoms with E-state index in [1.54, 1.807) is 0 Å². The lowest BCUT2D eigenvalue weighted by Crippen LogP contribution is -2.14. The minimum absolute atomic E-state index is 0.0458. The van der Waals surface area contributed by atoms with E-state index in [0.717, 1.165) is 22.0 Å². The van der Waals surface area contributed by atoms with Gasteiger partial charge in [0.05, 0.1) is 17.9 Å². The van der Waals surface area contributed by atoms with E-state index >= 15 is 0 Å². The number of halogens is 1. The maximum Gasteiger partial charge on any atom is 0.0907 e. The van der Waals surface area contributed by atoms with Crippen molar-refractivity contribution >= 4 is 17.3 Å². The van der Waals surface area contributed by atoms with Crippen molar-refractivity contribution in [1.82, 2.24) is 9.78 Å². The summed E-state index contributed by atoms with van der Waals surface area (Å²) in [6.45, 7) is 6.95. The minimum Gasteiger partial charge on any atom is -0.396 e. The summed E-state index contributed by atoms with van der Waals surface area (Å²) in [4.78, 5) is 0. The van der Waals surface area contributed by atoms with Crippen molar-refractivity contribution in [3.8, 4) is 0 Å². The molecule has 0 aliphatic rings. The SMILES string of the molecule is CC(C)(C)c1nn(Cc2ccccc2Cl)cc1N. The molecule has 2 aromatic rings. The van der Waals surface area contributed by atoms with Gasteiger partial charge >= 0.3 is 0 Å². The second kappa shape index (κ2) is 4.65. The number of nitrogens with zero attached hydrogens (tertiary/aromatic N) is 2. The molecular weight excluding hydrogens is 246 g/mol. The van der Waals surface area contributed by atoms with E-state index < -0.39 is 0 Å². The predicted molar refractivity (Wildman–Crippen MR) is 75.9 cm³/mol. The van der Waals surface area contributed by atoms with Gasteiger partial charge in [0.15, 0.2) is 0 Å². The topological polar surface area (TPSA) is 43.8 Å². The Bertz CT molecular complexity index is 552. The Labute approximate surface area is 113 Å². The number of hydrogen-bond acceptors (Lipinski definition) is 2. The first-order valence-corrected chi connectivity index (χ1v) is 6.32. The van der Waals surface area contributed by atoms with E-state index in [2.05, 4.69) is 25.9 Å². The fourth-order valence-corrected chi connectivity index (χ4v) is 2.10. The first kappa shape index (κ1) is 13.0. The third-order valence-corrected chi connectivity index (χ3v) is 3.16. The molecule has 1 aromatic carbocycles. The van der Waals surface area contributed by atoms with Crippen LogP contribution >= 0.6 is 11.6 Å². The summed E-state index contributed by atoms with van der Waals surface area (Å²) >= 11 is 6.14. The summed E-state index contributed by atoms with van der Waals surface area (Å²) in [6, 6.07) is 7.77. The maximum atomic E-state index is 6.14. The molecule has 18 heavy (non-hydrogen) atoms. The van der Waals surface area contributed by atoms with Gasteiger partial charge in [0.25, 0.3) is 0 Å². The van der Waals surface area contributed by atoms with Gasteiger partial charge in [-0.25, -0.2) is 0 Å². The molecule has 96 valence electrons. The second-order valence-electron chi connectivity index (χ2n) is 5.47. The molecule has 0 spiro atoms. The first-order valence-electron chi connectivity index (χ1n) is 5.95. The Morgan fingerprint density at radius 3 is 2.50 bits per heavy atom. The summed E-state index contributed by atoms with van der Waals surface area (Å²) in [5, 5.41) is 5.30. The lowest BCUT2D eigenvalue weighted by molar-refractivity contribution is 0.546. The molecule has 0 aliphatic heterocycles. The lowest BCUT2D eigenvalue weighted by Gasteiger charge is -2.15. The Morgan fingerprint density at radius 1 is 1.28 bits per heavy atom. The molecule has 1 heterocycles. The normalized spacial score (nSPS) is 11.8. The average molecular weight is 264 g/mol. The largest absolute Gasteiger partial charge is 0.396 e. The van der Waals surface area contributed by atoms with Gasteiger partial charge in [0.1, 0.15) is 0 Å². The molecule has 0 unspecified atom stereocenters. The summed E-state index contributed by atoms with van der Waals surface area (Å²) in [5.41, 5.74) is 8.66. The zero-order chi connectivity index (χ0) is 13.3. The Kier molecular flexibility index (Phi) is 3.35. The fraction of sp³-hybridized carbons (Fsp3) is 0.357. The van der Waals surface area contributed by atoms with Crippen LogP contribution in [0.15, 0.2) is 30.5 Å². The third kappa shape index (κ3) is 2.67. The maximum absolute atomic E-state index is 6.14. The van der Waals surface area contributed by atoms with Crippen LogP contribution in [-0.4, -0.2) is 9.78 Å². The number of anilines is 1. The standard InChI is InChI=1S/C14H18ClN3/c1-14(2,3)13-12(16)9-18(17-13)8-10-6-4-5-7-11(10)15/h4-7,9H,8,16H2,1-3H3. The fourth-order valence-electron chi connectivity index (χ4n) is 1.90. The quantitative estimate of drug-likeness (QED) is 0.902. The molecule has 4 heteroatoms. The molecule has 0 radical (unpaired) electrons. The van der Waals surface area contributed by atoms with E-state index in [9.17, 15) is 0 Å². The van der Waals surface area contributed by atoms with Gasteiger partial charge in [-0.1, -0.05) is 50.6 Å². The molecule has 1 aromatic heterocycles. The number of nitrogens with two attached hydrogens (primary N) is 1. The Morgan fingerprint density at radius 2 is 1.94 bits per heavy atom. The molecule has 0 saturated heterocycles. The number of hydrogen-bond donors (Lipinski definition) is 1. The van der Waals surface area contributed by atoms with Crippen LogP contribution < -0.4 is 5.73 Å². The van der Waals surface area contributed by atoms with Gasteiger partial charge in [-0.15, -0.1) is 0 Å². The van der Waals surface area contributed by atoms with Crippen molar-refractivity contribution in [2.24, 2.45) is 0 Å². The number of nitrogen functional groups attached to an aromatic ring is 1. The summed E-state index contributed by atoms with van der Waals surface area (Å²) in [5.74, 6) is 0. The highest BCUT2D eigenvalue weighted by molar-refractivity contribution is 6.31. The van der Waals surface area contributed by atoms with E-state index in [0.29, 0.717) is 6.54 Å². The highest BCUT2D eigenvalue weighted by atomic mass is 35.5. The van der Waals surface area contributed by atoms with E-state index in [4.69, 9.17) is 17.3 Å². The molecule has 0 amide bonds. The molecule has 3 nitrogen and oxygen atoms in total. The van der Waals surface area contributed by atoms with Gasteiger partial charge in [-0.3, -0.25) is 4.68 Å². The molecule has 0 saturated carbocycles. The van der Waals surface area contributed by atoms with Gasteiger partial charge in [-0.05, 0) is 11.6 Å². The predicted octanol–water partition coefficient (Wildman–Crippen LogP) is 3.46. The molecule has 0 fully saturated rings. The molecule has 2 rings (SSSR count).